The van der Waals surface area contributed by atoms with Crippen LogP contribution in [0.4, 0.5) is 4.39 Å². The van der Waals surface area contributed by atoms with E-state index in [1.165, 1.54) is 10.9 Å². The zero-order valence-electron chi connectivity index (χ0n) is 13.4. The molecule has 124 valence electrons. The van der Waals surface area contributed by atoms with E-state index in [0.29, 0.717) is 13.2 Å². The number of thiophene rings is 1. The van der Waals surface area contributed by atoms with Gasteiger partial charge >= 0.3 is 0 Å². The number of guanidine groups is 1. The van der Waals surface area contributed by atoms with Gasteiger partial charge in [0.2, 0.25) is 0 Å². The summed E-state index contributed by atoms with van der Waals surface area (Å²) in [6, 6.07) is 9.05. The molecule has 0 saturated carbocycles. The largest absolute Gasteiger partial charge is 0.491 e. The first-order valence-corrected chi connectivity index (χ1v) is 8.56. The highest BCUT2D eigenvalue weighted by Gasteiger charge is 2.04. The molecule has 1 aromatic heterocycles. The zero-order valence-corrected chi connectivity index (χ0v) is 14.3. The van der Waals surface area contributed by atoms with Gasteiger partial charge in [0.05, 0.1) is 19.7 Å². The van der Waals surface area contributed by atoms with Gasteiger partial charge in [0.1, 0.15) is 0 Å². The minimum absolute atomic E-state index is 0.281. The Balaban J connectivity index is 1.97. The second-order valence-corrected chi connectivity index (χ2v) is 5.86. The maximum atomic E-state index is 13.8. The molecule has 2 aromatic rings. The Hall–Kier alpha value is -2.08. The molecular weight excluding hydrogens is 313 g/mol. The van der Waals surface area contributed by atoms with Gasteiger partial charge in [0, 0.05) is 11.4 Å². The number of halogens is 1. The van der Waals surface area contributed by atoms with Crippen molar-refractivity contribution in [2.75, 3.05) is 13.2 Å². The van der Waals surface area contributed by atoms with Crippen molar-refractivity contribution in [3.05, 3.63) is 52.0 Å². The number of rotatable bonds is 7. The predicted octanol–water partition coefficient (Wildman–Crippen LogP) is 3.54. The summed E-state index contributed by atoms with van der Waals surface area (Å²) in [7, 11) is 0. The van der Waals surface area contributed by atoms with Gasteiger partial charge in [-0.05, 0) is 43.0 Å². The first-order chi connectivity index (χ1) is 11.2. The van der Waals surface area contributed by atoms with Crippen LogP contribution in [0.2, 0.25) is 0 Å². The monoisotopic (exact) mass is 335 g/mol. The average molecular weight is 335 g/mol. The zero-order chi connectivity index (χ0) is 16.5. The van der Waals surface area contributed by atoms with E-state index in [9.17, 15) is 4.39 Å². The van der Waals surface area contributed by atoms with Gasteiger partial charge in [-0.25, -0.2) is 9.38 Å². The minimum atomic E-state index is -0.351. The van der Waals surface area contributed by atoms with Crippen LogP contribution >= 0.6 is 11.3 Å². The number of aliphatic imine (C=N–C) groups is 1. The minimum Gasteiger partial charge on any atom is -0.491 e. The SMILES string of the molecule is CCNC(=NCc1ccc(OCC)c(F)c1)NCc1cccs1. The average Bonchev–Trinajstić information content (AvgIpc) is 3.06. The number of hydrogen-bond acceptors (Lipinski definition) is 3. The Kier molecular flexibility index (Phi) is 6.87. The molecule has 1 heterocycles. The molecule has 0 atom stereocenters. The van der Waals surface area contributed by atoms with Crippen LogP contribution in [0.3, 0.4) is 0 Å². The topological polar surface area (TPSA) is 45.7 Å². The number of hydrogen-bond donors (Lipinski definition) is 2. The van der Waals surface area contributed by atoms with E-state index in [-0.39, 0.29) is 11.6 Å². The molecule has 0 saturated heterocycles. The lowest BCUT2D eigenvalue weighted by Gasteiger charge is -2.11. The van der Waals surface area contributed by atoms with Crippen molar-refractivity contribution in [3.63, 3.8) is 0 Å². The number of nitrogens with one attached hydrogen (secondary N) is 2. The van der Waals surface area contributed by atoms with Crippen LogP contribution in [0.25, 0.3) is 0 Å². The molecule has 6 heteroatoms. The Morgan fingerprint density at radius 3 is 2.78 bits per heavy atom. The summed E-state index contributed by atoms with van der Waals surface area (Å²) in [5.41, 5.74) is 0.805. The van der Waals surface area contributed by atoms with Crippen LogP contribution in [-0.4, -0.2) is 19.1 Å². The van der Waals surface area contributed by atoms with Gasteiger partial charge < -0.3 is 15.4 Å². The molecule has 0 aliphatic heterocycles. The van der Waals surface area contributed by atoms with E-state index in [1.54, 1.807) is 17.4 Å². The fourth-order valence-electron chi connectivity index (χ4n) is 2.01. The molecule has 0 aliphatic carbocycles. The van der Waals surface area contributed by atoms with E-state index < -0.39 is 0 Å². The molecule has 0 fully saturated rings. The van der Waals surface area contributed by atoms with Crippen molar-refractivity contribution < 1.29 is 9.13 Å². The first kappa shape index (κ1) is 17.3. The second kappa shape index (κ2) is 9.15. The first-order valence-electron chi connectivity index (χ1n) is 7.68. The molecular formula is C17H22FN3OS. The standard InChI is InChI=1S/C17H22FN3OS/c1-3-19-17(21-12-14-6-5-9-23-14)20-11-13-7-8-16(22-4-2)15(18)10-13/h5-10H,3-4,11-12H2,1-2H3,(H2,19,20,21). The third-order valence-electron chi connectivity index (χ3n) is 3.07. The summed E-state index contributed by atoms with van der Waals surface area (Å²) in [5, 5.41) is 8.50. The van der Waals surface area contributed by atoms with Gasteiger partial charge in [0.15, 0.2) is 17.5 Å². The summed E-state index contributed by atoms with van der Waals surface area (Å²) in [5.74, 6) is 0.647. The Morgan fingerprint density at radius 2 is 2.13 bits per heavy atom. The third-order valence-corrected chi connectivity index (χ3v) is 3.95. The highest BCUT2D eigenvalue weighted by atomic mass is 32.1. The quantitative estimate of drug-likeness (QED) is 0.601. The van der Waals surface area contributed by atoms with E-state index in [1.807, 2.05) is 31.4 Å². The van der Waals surface area contributed by atoms with Crippen LogP contribution < -0.4 is 15.4 Å². The van der Waals surface area contributed by atoms with Crippen molar-refractivity contribution in [3.8, 4) is 5.75 Å². The predicted molar refractivity (Wildman–Crippen MR) is 93.5 cm³/mol. The second-order valence-electron chi connectivity index (χ2n) is 4.83. The molecule has 0 bridgehead atoms. The van der Waals surface area contributed by atoms with Gasteiger partial charge in [-0.3, -0.25) is 0 Å². The lowest BCUT2D eigenvalue weighted by Crippen LogP contribution is -2.36. The van der Waals surface area contributed by atoms with Gasteiger partial charge in [-0.15, -0.1) is 11.3 Å². The molecule has 0 aliphatic rings. The van der Waals surface area contributed by atoms with Crippen LogP contribution in [0, 0.1) is 5.82 Å². The summed E-state index contributed by atoms with van der Waals surface area (Å²) < 4.78 is 19.0. The highest BCUT2D eigenvalue weighted by Crippen LogP contribution is 2.18. The van der Waals surface area contributed by atoms with Crippen molar-refractivity contribution in [1.82, 2.24) is 10.6 Å². The van der Waals surface area contributed by atoms with Crippen molar-refractivity contribution in [2.45, 2.75) is 26.9 Å². The van der Waals surface area contributed by atoms with Gasteiger partial charge in [-0.1, -0.05) is 12.1 Å². The van der Waals surface area contributed by atoms with E-state index in [2.05, 4.69) is 21.7 Å². The molecule has 0 amide bonds. The van der Waals surface area contributed by atoms with E-state index >= 15 is 0 Å². The molecule has 0 spiro atoms. The lowest BCUT2D eigenvalue weighted by atomic mass is 10.2. The lowest BCUT2D eigenvalue weighted by molar-refractivity contribution is 0.321. The number of nitrogens with zero attached hydrogens (tertiary/aromatic N) is 1. The highest BCUT2D eigenvalue weighted by molar-refractivity contribution is 7.09. The van der Waals surface area contributed by atoms with Gasteiger partial charge in [-0.2, -0.15) is 0 Å². The number of ether oxygens (including phenoxy) is 1. The van der Waals surface area contributed by atoms with Crippen LogP contribution in [0.15, 0.2) is 40.7 Å². The number of benzene rings is 1. The normalized spacial score (nSPS) is 11.3. The van der Waals surface area contributed by atoms with Crippen molar-refractivity contribution in [2.24, 2.45) is 4.99 Å². The Bertz CT molecular complexity index is 629. The van der Waals surface area contributed by atoms with Gasteiger partial charge in [0.25, 0.3) is 0 Å². The van der Waals surface area contributed by atoms with E-state index in [4.69, 9.17) is 4.74 Å². The Labute approximate surface area is 140 Å². The van der Waals surface area contributed by atoms with Crippen molar-refractivity contribution in [1.29, 1.82) is 0 Å². The maximum absolute atomic E-state index is 13.8. The van der Waals surface area contributed by atoms with Crippen LogP contribution in [0.1, 0.15) is 24.3 Å². The van der Waals surface area contributed by atoms with E-state index in [0.717, 1.165) is 24.6 Å². The fourth-order valence-corrected chi connectivity index (χ4v) is 2.66. The van der Waals surface area contributed by atoms with Crippen molar-refractivity contribution >= 4 is 17.3 Å². The smallest absolute Gasteiger partial charge is 0.191 e. The molecule has 1 aromatic carbocycles. The molecule has 2 N–H and O–H groups in total. The van der Waals surface area contributed by atoms with Crippen LogP contribution in [-0.2, 0) is 13.1 Å². The molecule has 0 radical (unpaired) electrons. The summed E-state index contributed by atoms with van der Waals surface area (Å²) in [4.78, 5) is 5.73. The van der Waals surface area contributed by atoms with Crippen LogP contribution in [0.5, 0.6) is 5.75 Å². The molecule has 23 heavy (non-hydrogen) atoms. The maximum Gasteiger partial charge on any atom is 0.191 e. The summed E-state index contributed by atoms with van der Waals surface area (Å²) >= 11 is 1.70. The molecule has 2 rings (SSSR count). The molecule has 4 nitrogen and oxygen atoms in total. The molecule has 0 unspecified atom stereocenters. The fraction of sp³-hybridized carbons (Fsp3) is 0.353. The summed E-state index contributed by atoms with van der Waals surface area (Å²) in [6.07, 6.45) is 0. The summed E-state index contributed by atoms with van der Waals surface area (Å²) in [6.45, 7) is 6.20. The Morgan fingerprint density at radius 1 is 1.26 bits per heavy atom. The third kappa shape index (κ3) is 5.56.